The maximum atomic E-state index is 11.9. The average molecular weight is 403 g/mol. The van der Waals surface area contributed by atoms with Gasteiger partial charge >= 0.3 is 6.03 Å². The molecule has 1 aromatic carbocycles. The number of pyridine rings is 1. The molecule has 0 aliphatic carbocycles. The van der Waals surface area contributed by atoms with Gasteiger partial charge in [0.1, 0.15) is 0 Å². The third-order valence-corrected chi connectivity index (χ3v) is 4.90. The number of amides is 2. The van der Waals surface area contributed by atoms with Crippen LogP contribution < -0.4 is 15.5 Å². The summed E-state index contributed by atoms with van der Waals surface area (Å²) in [5.41, 5.74) is 2.22. The van der Waals surface area contributed by atoms with Gasteiger partial charge in [0.15, 0.2) is 0 Å². The molecule has 25 heavy (non-hydrogen) atoms. The lowest BCUT2D eigenvalue weighted by Crippen LogP contribution is -2.39. The van der Waals surface area contributed by atoms with E-state index in [1.165, 1.54) is 5.69 Å². The number of nitrogens with zero attached hydrogens (tertiary/aromatic N) is 2. The lowest BCUT2D eigenvalue weighted by molar-refractivity contribution is 0.239. The summed E-state index contributed by atoms with van der Waals surface area (Å²) >= 11 is 3.52. The second-order valence-corrected chi connectivity index (χ2v) is 7.20. The van der Waals surface area contributed by atoms with Crippen LogP contribution in [0.2, 0.25) is 0 Å². The number of benzene rings is 1. The monoisotopic (exact) mass is 402 g/mol. The first-order valence-electron chi connectivity index (χ1n) is 8.63. The Kier molecular flexibility index (Phi) is 6.28. The fourth-order valence-corrected chi connectivity index (χ4v) is 3.44. The van der Waals surface area contributed by atoms with Gasteiger partial charge in [-0.3, -0.25) is 4.98 Å². The number of anilines is 1. The van der Waals surface area contributed by atoms with E-state index in [-0.39, 0.29) is 6.03 Å². The third-order valence-electron chi connectivity index (χ3n) is 4.40. The van der Waals surface area contributed by atoms with E-state index in [4.69, 9.17) is 0 Å². The van der Waals surface area contributed by atoms with Crippen LogP contribution in [0.25, 0.3) is 0 Å². The SMILES string of the molecule is O=C(NCCc1ccccn1)NCC1CCN(c2cccc(Br)c2)C1. The fraction of sp³-hybridized carbons (Fsp3) is 0.368. The highest BCUT2D eigenvalue weighted by molar-refractivity contribution is 9.10. The molecule has 5 nitrogen and oxygen atoms in total. The molecule has 0 radical (unpaired) electrons. The topological polar surface area (TPSA) is 57.3 Å². The minimum absolute atomic E-state index is 0.100. The van der Waals surface area contributed by atoms with Gasteiger partial charge in [-0.2, -0.15) is 0 Å². The van der Waals surface area contributed by atoms with E-state index in [9.17, 15) is 4.79 Å². The molecule has 0 bridgehead atoms. The molecular weight excluding hydrogens is 380 g/mol. The maximum Gasteiger partial charge on any atom is 0.314 e. The normalized spacial score (nSPS) is 16.7. The molecule has 0 spiro atoms. The molecule has 1 fully saturated rings. The third kappa shape index (κ3) is 5.46. The summed E-state index contributed by atoms with van der Waals surface area (Å²) in [4.78, 5) is 18.5. The molecule has 1 aromatic heterocycles. The Hall–Kier alpha value is -2.08. The summed E-state index contributed by atoms with van der Waals surface area (Å²) in [5, 5.41) is 5.88. The molecule has 6 heteroatoms. The molecule has 1 atom stereocenters. The van der Waals surface area contributed by atoms with Crippen molar-refractivity contribution in [2.75, 3.05) is 31.1 Å². The largest absolute Gasteiger partial charge is 0.371 e. The van der Waals surface area contributed by atoms with Gasteiger partial charge in [0.25, 0.3) is 0 Å². The Morgan fingerprint density at radius 1 is 1.24 bits per heavy atom. The van der Waals surface area contributed by atoms with Crippen molar-refractivity contribution >= 4 is 27.6 Å². The van der Waals surface area contributed by atoms with Gasteiger partial charge < -0.3 is 15.5 Å². The Balaban J connectivity index is 1.35. The Morgan fingerprint density at radius 2 is 2.16 bits per heavy atom. The molecule has 1 saturated heterocycles. The summed E-state index contributed by atoms with van der Waals surface area (Å²) in [5.74, 6) is 0.487. The summed E-state index contributed by atoms with van der Waals surface area (Å²) < 4.78 is 1.10. The van der Waals surface area contributed by atoms with E-state index in [0.29, 0.717) is 19.0 Å². The molecule has 2 N–H and O–H groups in total. The highest BCUT2D eigenvalue weighted by Crippen LogP contribution is 2.25. The zero-order valence-electron chi connectivity index (χ0n) is 14.1. The van der Waals surface area contributed by atoms with Gasteiger partial charge in [-0.25, -0.2) is 4.79 Å². The van der Waals surface area contributed by atoms with Crippen LogP contribution in [-0.2, 0) is 6.42 Å². The Morgan fingerprint density at radius 3 is 2.96 bits per heavy atom. The van der Waals surface area contributed by atoms with Crippen molar-refractivity contribution < 1.29 is 4.79 Å². The fourth-order valence-electron chi connectivity index (χ4n) is 3.06. The van der Waals surface area contributed by atoms with Crippen molar-refractivity contribution in [3.63, 3.8) is 0 Å². The van der Waals surface area contributed by atoms with Crippen molar-refractivity contribution in [1.29, 1.82) is 0 Å². The summed E-state index contributed by atoms with van der Waals surface area (Å²) in [6.07, 6.45) is 3.61. The summed E-state index contributed by atoms with van der Waals surface area (Å²) in [6.45, 7) is 3.31. The lowest BCUT2D eigenvalue weighted by Gasteiger charge is -2.19. The second-order valence-electron chi connectivity index (χ2n) is 6.29. The van der Waals surface area contributed by atoms with Gasteiger partial charge in [-0.1, -0.05) is 28.1 Å². The van der Waals surface area contributed by atoms with E-state index in [1.54, 1.807) is 6.20 Å². The number of urea groups is 1. The molecule has 0 saturated carbocycles. The van der Waals surface area contributed by atoms with E-state index >= 15 is 0 Å². The van der Waals surface area contributed by atoms with Crippen LogP contribution >= 0.6 is 15.9 Å². The number of halogens is 1. The van der Waals surface area contributed by atoms with Crippen LogP contribution in [0.4, 0.5) is 10.5 Å². The van der Waals surface area contributed by atoms with Crippen molar-refractivity contribution in [3.05, 3.63) is 58.8 Å². The number of hydrogen-bond donors (Lipinski definition) is 2. The molecule has 2 aromatic rings. The molecule has 2 heterocycles. The van der Waals surface area contributed by atoms with Gasteiger partial charge in [-0.15, -0.1) is 0 Å². The zero-order chi connectivity index (χ0) is 17.5. The second kappa shape index (κ2) is 8.85. The Bertz CT molecular complexity index is 695. The molecule has 1 unspecified atom stereocenters. The van der Waals surface area contributed by atoms with Crippen LogP contribution in [0.15, 0.2) is 53.1 Å². The molecule has 132 valence electrons. The number of nitrogens with one attached hydrogen (secondary N) is 2. The molecular formula is C19H23BrN4O. The molecule has 3 rings (SSSR count). The van der Waals surface area contributed by atoms with E-state index in [1.807, 2.05) is 24.3 Å². The minimum Gasteiger partial charge on any atom is -0.371 e. The summed E-state index contributed by atoms with van der Waals surface area (Å²) in [7, 11) is 0. The van der Waals surface area contributed by atoms with Gasteiger partial charge in [0.2, 0.25) is 0 Å². The predicted molar refractivity (Wildman–Crippen MR) is 104 cm³/mol. The van der Waals surface area contributed by atoms with E-state index in [2.05, 4.69) is 54.6 Å². The van der Waals surface area contributed by atoms with Crippen LogP contribution in [0, 0.1) is 5.92 Å². The van der Waals surface area contributed by atoms with Gasteiger partial charge in [-0.05, 0) is 42.7 Å². The van der Waals surface area contributed by atoms with Crippen molar-refractivity contribution in [2.24, 2.45) is 5.92 Å². The van der Waals surface area contributed by atoms with E-state index in [0.717, 1.165) is 36.1 Å². The number of rotatable bonds is 6. The first kappa shape index (κ1) is 17.7. The average Bonchev–Trinajstić information content (AvgIpc) is 3.10. The zero-order valence-corrected chi connectivity index (χ0v) is 15.7. The standard InChI is InChI=1S/C19H23BrN4O/c20-16-4-3-6-18(12-16)24-11-8-15(14-24)13-23-19(25)22-10-7-17-5-1-2-9-21-17/h1-6,9,12,15H,7-8,10-11,13-14H2,(H2,22,23,25). The van der Waals surface area contributed by atoms with Crippen molar-refractivity contribution in [3.8, 4) is 0 Å². The van der Waals surface area contributed by atoms with Crippen molar-refractivity contribution in [2.45, 2.75) is 12.8 Å². The van der Waals surface area contributed by atoms with Crippen LogP contribution in [-0.4, -0.2) is 37.2 Å². The number of aromatic nitrogens is 1. The van der Waals surface area contributed by atoms with Gasteiger partial charge in [0.05, 0.1) is 0 Å². The molecule has 1 aliphatic rings. The van der Waals surface area contributed by atoms with Crippen LogP contribution in [0.5, 0.6) is 0 Å². The van der Waals surface area contributed by atoms with E-state index < -0.39 is 0 Å². The number of hydrogen-bond acceptors (Lipinski definition) is 3. The highest BCUT2D eigenvalue weighted by Gasteiger charge is 2.23. The van der Waals surface area contributed by atoms with Crippen LogP contribution in [0.3, 0.4) is 0 Å². The summed E-state index contributed by atoms with van der Waals surface area (Å²) in [6, 6.07) is 14.1. The minimum atomic E-state index is -0.100. The smallest absolute Gasteiger partial charge is 0.314 e. The quantitative estimate of drug-likeness (QED) is 0.779. The Labute approximate surface area is 157 Å². The first-order chi connectivity index (χ1) is 12.2. The molecule has 1 aliphatic heterocycles. The molecule has 2 amide bonds. The van der Waals surface area contributed by atoms with Gasteiger partial charge in [0, 0.05) is 54.7 Å². The number of carbonyl (C=O) groups excluding carboxylic acids is 1. The highest BCUT2D eigenvalue weighted by atomic mass is 79.9. The van der Waals surface area contributed by atoms with Crippen molar-refractivity contribution in [1.82, 2.24) is 15.6 Å². The van der Waals surface area contributed by atoms with Crippen LogP contribution in [0.1, 0.15) is 12.1 Å². The lowest BCUT2D eigenvalue weighted by atomic mass is 10.1. The predicted octanol–water partition coefficient (Wildman–Crippen LogP) is 3.21. The maximum absolute atomic E-state index is 11.9. The number of carbonyl (C=O) groups is 1. The first-order valence-corrected chi connectivity index (χ1v) is 9.42.